The van der Waals surface area contributed by atoms with Crippen LogP contribution in [0.3, 0.4) is 0 Å². The van der Waals surface area contributed by atoms with Crippen molar-refractivity contribution in [2.75, 3.05) is 0 Å². The van der Waals surface area contributed by atoms with E-state index in [2.05, 4.69) is 15.1 Å². The molecule has 0 aliphatic carbocycles. The molecule has 102 valence electrons. The van der Waals surface area contributed by atoms with Gasteiger partial charge in [-0.05, 0) is 19.1 Å². The minimum absolute atomic E-state index is 0.0612. The monoisotopic (exact) mass is 268 g/mol. The zero-order chi connectivity index (χ0) is 14.1. The van der Waals surface area contributed by atoms with Crippen molar-refractivity contribution in [1.29, 1.82) is 0 Å². The minimum Gasteiger partial charge on any atom is -0.393 e. The quantitative estimate of drug-likeness (QED) is 0.791. The molecule has 0 fully saturated rings. The standard InChI is InChI=1S/C15H16N4O/c1-10(11(2)20)14-13-8-18-19(15(13)17-9-16-14)12-6-4-3-5-7-12/h3-11,20H,1-2H3. The molecule has 1 N–H and O–H groups in total. The van der Waals surface area contributed by atoms with Crippen LogP contribution in [0.4, 0.5) is 0 Å². The molecular formula is C15H16N4O. The van der Waals surface area contributed by atoms with Crippen molar-refractivity contribution in [1.82, 2.24) is 19.7 Å². The first-order valence-electron chi connectivity index (χ1n) is 6.60. The van der Waals surface area contributed by atoms with E-state index < -0.39 is 6.10 Å². The molecule has 5 heteroatoms. The van der Waals surface area contributed by atoms with Crippen LogP contribution < -0.4 is 0 Å². The number of benzene rings is 1. The van der Waals surface area contributed by atoms with Crippen molar-refractivity contribution >= 4 is 11.0 Å². The van der Waals surface area contributed by atoms with Gasteiger partial charge < -0.3 is 5.11 Å². The molecule has 2 heterocycles. The average Bonchev–Trinajstić information content (AvgIpc) is 2.91. The van der Waals surface area contributed by atoms with Gasteiger partial charge in [0.25, 0.3) is 0 Å². The molecule has 0 aliphatic heterocycles. The predicted molar refractivity (Wildman–Crippen MR) is 76.8 cm³/mol. The molecule has 0 amide bonds. The first kappa shape index (κ1) is 12.7. The number of hydrogen-bond donors (Lipinski definition) is 1. The summed E-state index contributed by atoms with van der Waals surface area (Å²) in [6.07, 6.45) is 2.82. The van der Waals surface area contributed by atoms with E-state index in [9.17, 15) is 5.11 Å². The summed E-state index contributed by atoms with van der Waals surface area (Å²) in [4.78, 5) is 8.64. The fourth-order valence-electron chi connectivity index (χ4n) is 2.21. The highest BCUT2D eigenvalue weighted by Gasteiger charge is 2.18. The summed E-state index contributed by atoms with van der Waals surface area (Å²) < 4.78 is 1.79. The van der Waals surface area contributed by atoms with E-state index in [-0.39, 0.29) is 5.92 Å². The van der Waals surface area contributed by atoms with Crippen LogP contribution in [-0.4, -0.2) is 31.0 Å². The van der Waals surface area contributed by atoms with Crippen LogP contribution in [0.1, 0.15) is 25.5 Å². The third-order valence-corrected chi connectivity index (χ3v) is 3.55. The second kappa shape index (κ2) is 5.02. The van der Waals surface area contributed by atoms with Crippen LogP contribution in [0.25, 0.3) is 16.7 Å². The third kappa shape index (κ3) is 2.06. The van der Waals surface area contributed by atoms with Gasteiger partial charge in [0.2, 0.25) is 0 Å². The van der Waals surface area contributed by atoms with Crippen molar-refractivity contribution in [3.8, 4) is 5.69 Å². The van der Waals surface area contributed by atoms with Crippen LogP contribution in [0.2, 0.25) is 0 Å². The molecule has 5 nitrogen and oxygen atoms in total. The zero-order valence-corrected chi connectivity index (χ0v) is 11.4. The Kier molecular flexibility index (Phi) is 3.20. The number of aliphatic hydroxyl groups excluding tert-OH is 1. The van der Waals surface area contributed by atoms with Crippen LogP contribution in [0, 0.1) is 0 Å². The van der Waals surface area contributed by atoms with E-state index in [0.29, 0.717) is 0 Å². The molecule has 0 saturated heterocycles. The van der Waals surface area contributed by atoms with Gasteiger partial charge in [-0.25, -0.2) is 14.6 Å². The van der Waals surface area contributed by atoms with Gasteiger partial charge >= 0.3 is 0 Å². The Balaban J connectivity index is 2.18. The summed E-state index contributed by atoms with van der Waals surface area (Å²) in [5.74, 6) is -0.0612. The number of hydrogen-bond acceptors (Lipinski definition) is 4. The largest absolute Gasteiger partial charge is 0.393 e. The van der Waals surface area contributed by atoms with Crippen molar-refractivity contribution in [3.63, 3.8) is 0 Å². The molecule has 3 rings (SSSR count). The lowest BCUT2D eigenvalue weighted by molar-refractivity contribution is 0.168. The van der Waals surface area contributed by atoms with Gasteiger partial charge in [0.15, 0.2) is 5.65 Å². The average molecular weight is 268 g/mol. The number of aromatic nitrogens is 4. The van der Waals surface area contributed by atoms with E-state index >= 15 is 0 Å². The predicted octanol–water partition coefficient (Wildman–Crippen LogP) is 2.30. The molecule has 0 aliphatic rings. The molecular weight excluding hydrogens is 252 g/mol. The maximum Gasteiger partial charge on any atom is 0.166 e. The molecule has 2 atom stereocenters. The minimum atomic E-state index is -0.465. The summed E-state index contributed by atoms with van der Waals surface area (Å²) in [5, 5.41) is 15.0. The smallest absolute Gasteiger partial charge is 0.166 e. The lowest BCUT2D eigenvalue weighted by Gasteiger charge is -2.14. The number of rotatable bonds is 3. The highest BCUT2D eigenvalue weighted by atomic mass is 16.3. The Bertz CT molecular complexity index is 721. The lowest BCUT2D eigenvalue weighted by atomic mass is 10.00. The van der Waals surface area contributed by atoms with Gasteiger partial charge in [0.05, 0.1) is 29.1 Å². The maximum atomic E-state index is 9.77. The second-order valence-corrected chi connectivity index (χ2v) is 4.92. The van der Waals surface area contributed by atoms with Crippen molar-refractivity contribution in [2.45, 2.75) is 25.9 Å². The molecule has 0 spiro atoms. The second-order valence-electron chi connectivity index (χ2n) is 4.92. The molecule has 20 heavy (non-hydrogen) atoms. The summed E-state index contributed by atoms with van der Waals surface area (Å²) in [6.45, 7) is 3.71. The number of para-hydroxylation sites is 1. The molecule has 1 aromatic carbocycles. The molecule has 0 bridgehead atoms. The van der Waals surface area contributed by atoms with Crippen LogP contribution in [0.15, 0.2) is 42.9 Å². The van der Waals surface area contributed by atoms with E-state index in [1.165, 1.54) is 6.33 Å². The van der Waals surface area contributed by atoms with Crippen LogP contribution in [0.5, 0.6) is 0 Å². The normalized spacial score (nSPS) is 14.3. The van der Waals surface area contributed by atoms with Gasteiger partial charge in [-0.2, -0.15) is 5.10 Å². The number of aliphatic hydroxyl groups is 1. The SMILES string of the molecule is CC(O)C(C)c1ncnc2c1cnn2-c1ccccc1. The van der Waals surface area contributed by atoms with E-state index in [1.807, 2.05) is 37.3 Å². The topological polar surface area (TPSA) is 63.8 Å². The zero-order valence-electron chi connectivity index (χ0n) is 11.4. The van der Waals surface area contributed by atoms with Gasteiger partial charge in [0, 0.05) is 5.92 Å². The van der Waals surface area contributed by atoms with Gasteiger partial charge in [0.1, 0.15) is 6.33 Å². The van der Waals surface area contributed by atoms with E-state index in [4.69, 9.17) is 0 Å². The Morgan fingerprint density at radius 3 is 2.55 bits per heavy atom. The third-order valence-electron chi connectivity index (χ3n) is 3.55. The Hall–Kier alpha value is -2.27. The Morgan fingerprint density at radius 1 is 1.10 bits per heavy atom. The van der Waals surface area contributed by atoms with Crippen molar-refractivity contribution < 1.29 is 5.11 Å². The van der Waals surface area contributed by atoms with E-state index in [0.717, 1.165) is 22.4 Å². The highest BCUT2D eigenvalue weighted by Crippen LogP contribution is 2.25. The lowest BCUT2D eigenvalue weighted by Crippen LogP contribution is -2.13. The van der Waals surface area contributed by atoms with Crippen LogP contribution >= 0.6 is 0 Å². The maximum absolute atomic E-state index is 9.77. The van der Waals surface area contributed by atoms with Crippen LogP contribution in [-0.2, 0) is 0 Å². The molecule has 0 saturated carbocycles. The fourth-order valence-corrected chi connectivity index (χ4v) is 2.21. The molecule has 3 aromatic rings. The molecule has 0 radical (unpaired) electrons. The van der Waals surface area contributed by atoms with Crippen molar-refractivity contribution in [3.05, 3.63) is 48.5 Å². The number of fused-ring (bicyclic) bond motifs is 1. The van der Waals surface area contributed by atoms with Gasteiger partial charge in [-0.3, -0.25) is 0 Å². The van der Waals surface area contributed by atoms with Crippen molar-refractivity contribution in [2.24, 2.45) is 0 Å². The highest BCUT2D eigenvalue weighted by molar-refractivity contribution is 5.79. The Labute approximate surface area is 116 Å². The Morgan fingerprint density at radius 2 is 1.85 bits per heavy atom. The van der Waals surface area contributed by atoms with Gasteiger partial charge in [-0.1, -0.05) is 25.1 Å². The summed E-state index contributed by atoms with van der Waals surface area (Å²) in [7, 11) is 0. The molecule has 2 unspecified atom stereocenters. The van der Waals surface area contributed by atoms with E-state index in [1.54, 1.807) is 17.8 Å². The summed E-state index contributed by atoms with van der Waals surface area (Å²) in [6, 6.07) is 9.84. The number of nitrogens with zero attached hydrogens (tertiary/aromatic N) is 4. The first-order valence-corrected chi connectivity index (χ1v) is 6.60. The fraction of sp³-hybridized carbons (Fsp3) is 0.267. The van der Waals surface area contributed by atoms with Gasteiger partial charge in [-0.15, -0.1) is 0 Å². The first-order chi connectivity index (χ1) is 9.68. The summed E-state index contributed by atoms with van der Waals surface area (Å²) >= 11 is 0. The molecule has 2 aromatic heterocycles. The summed E-state index contributed by atoms with van der Waals surface area (Å²) in [5.41, 5.74) is 2.54.